The van der Waals surface area contributed by atoms with E-state index >= 15 is 0 Å². The quantitative estimate of drug-likeness (QED) is 0.174. The zero-order chi connectivity index (χ0) is 44.9. The van der Waals surface area contributed by atoms with Crippen LogP contribution in [0.25, 0.3) is 76.9 Å². The summed E-state index contributed by atoms with van der Waals surface area (Å²) < 4.78 is 110. The van der Waals surface area contributed by atoms with Crippen LogP contribution in [-0.4, -0.2) is 0 Å². The summed E-state index contributed by atoms with van der Waals surface area (Å²) >= 11 is 0. The Morgan fingerprint density at radius 1 is 0.404 bits per heavy atom. The Morgan fingerprint density at radius 3 is 1.94 bits per heavy atom. The van der Waals surface area contributed by atoms with Gasteiger partial charge in [-0.3, -0.25) is 0 Å². The summed E-state index contributed by atoms with van der Waals surface area (Å²) in [6.07, 6.45) is 0. The molecule has 52 heavy (non-hydrogen) atoms. The first-order valence-electron chi connectivity index (χ1n) is 22.8. The van der Waals surface area contributed by atoms with E-state index in [0.717, 1.165) is 22.5 Å². The third-order valence-corrected chi connectivity index (χ3v) is 9.35. The molecule has 0 aliphatic rings. The molecule has 0 N–H and O–H groups in total. The molecular formula is C50H33NO. The molecule has 10 aromatic rings. The number of benzene rings is 9. The highest BCUT2D eigenvalue weighted by Gasteiger charge is 2.18. The van der Waals surface area contributed by atoms with Crippen molar-refractivity contribution >= 4 is 60.5 Å². The molecule has 1 aromatic heterocycles. The third-order valence-electron chi connectivity index (χ3n) is 9.35. The molecule has 0 aliphatic heterocycles. The third kappa shape index (κ3) is 5.12. The van der Waals surface area contributed by atoms with Gasteiger partial charge in [-0.05, 0) is 97.8 Å². The lowest BCUT2D eigenvalue weighted by Crippen LogP contribution is -2.11. The van der Waals surface area contributed by atoms with Crippen LogP contribution >= 0.6 is 0 Å². The van der Waals surface area contributed by atoms with E-state index < -0.39 is 30.2 Å². The van der Waals surface area contributed by atoms with Crippen LogP contribution in [0.15, 0.2) is 204 Å². The maximum atomic E-state index is 9.54. The zero-order valence-electron chi connectivity index (χ0n) is 39.5. The average molecular weight is 676 g/mol. The van der Waals surface area contributed by atoms with Gasteiger partial charge in [-0.1, -0.05) is 151 Å². The highest BCUT2D eigenvalue weighted by atomic mass is 16.3. The summed E-state index contributed by atoms with van der Waals surface area (Å²) in [5.74, 6) is 0. The molecule has 0 bridgehead atoms. The van der Waals surface area contributed by atoms with Crippen molar-refractivity contribution in [1.29, 1.82) is 0 Å². The first-order chi connectivity index (χ1) is 30.8. The minimum absolute atomic E-state index is 0.0103. The van der Waals surface area contributed by atoms with Crippen molar-refractivity contribution in [2.75, 3.05) is 4.90 Å². The number of hydrogen-bond donors (Lipinski definition) is 0. The minimum atomic E-state index is -0.512. The smallest absolute Gasteiger partial charge is 0.136 e. The van der Waals surface area contributed by atoms with E-state index in [-0.39, 0.29) is 64.2 Å². The van der Waals surface area contributed by atoms with Crippen molar-refractivity contribution < 1.29 is 20.9 Å². The van der Waals surface area contributed by atoms with E-state index in [2.05, 4.69) is 4.90 Å². The SMILES string of the molecule is [2H]c1ccc2oc3c([2H])c([2H])c4ccc(-c5ccc(N(c6ccc(-c7c([2H])c([2H])c([2H])c8c([2H])c([2H])c([2H])c([2H])c78)cc6)c6ccccc6-c6ccccc6)cc5)c([2H])c4c3c2c1[2H]. The van der Waals surface area contributed by atoms with Crippen molar-refractivity contribution in [1.82, 2.24) is 0 Å². The van der Waals surface area contributed by atoms with Gasteiger partial charge in [-0.25, -0.2) is 0 Å². The second kappa shape index (κ2) is 12.5. The maximum Gasteiger partial charge on any atom is 0.136 e. The van der Waals surface area contributed by atoms with Gasteiger partial charge in [-0.15, -0.1) is 0 Å². The van der Waals surface area contributed by atoms with Crippen LogP contribution in [-0.2, 0) is 0 Å². The van der Waals surface area contributed by atoms with Crippen molar-refractivity contribution in [3.8, 4) is 33.4 Å². The van der Waals surface area contributed by atoms with Gasteiger partial charge >= 0.3 is 0 Å². The van der Waals surface area contributed by atoms with E-state index in [1.807, 2.05) is 91.0 Å². The lowest BCUT2D eigenvalue weighted by atomic mass is 9.97. The van der Waals surface area contributed by atoms with E-state index in [1.54, 1.807) is 30.3 Å². The molecule has 0 amide bonds. The van der Waals surface area contributed by atoms with Crippen LogP contribution in [0, 0.1) is 0 Å². The fourth-order valence-corrected chi connectivity index (χ4v) is 6.89. The molecule has 0 saturated heterocycles. The number of fused-ring (bicyclic) bond motifs is 6. The van der Waals surface area contributed by atoms with E-state index in [1.165, 1.54) is 6.07 Å². The van der Waals surface area contributed by atoms with Gasteiger partial charge in [-0.2, -0.15) is 0 Å². The van der Waals surface area contributed by atoms with E-state index in [0.29, 0.717) is 49.5 Å². The summed E-state index contributed by atoms with van der Waals surface area (Å²) in [5, 5.41) is 1.32. The lowest BCUT2D eigenvalue weighted by Gasteiger charge is -2.28. The maximum absolute atomic E-state index is 9.54. The Kier molecular flexibility index (Phi) is 4.81. The Hall–Kier alpha value is -6.90. The number of para-hydroxylation sites is 2. The first kappa shape index (κ1) is 20.1. The highest BCUT2D eigenvalue weighted by Crippen LogP contribution is 2.43. The van der Waals surface area contributed by atoms with Crippen LogP contribution < -0.4 is 4.90 Å². The van der Waals surface area contributed by atoms with Crippen LogP contribution in [0.3, 0.4) is 0 Å². The average Bonchev–Trinajstić information content (AvgIpc) is 3.71. The van der Waals surface area contributed by atoms with Gasteiger partial charge in [0.25, 0.3) is 0 Å². The zero-order valence-corrected chi connectivity index (χ0v) is 27.5. The van der Waals surface area contributed by atoms with Gasteiger partial charge in [0, 0.05) is 27.7 Å². The Morgan fingerprint density at radius 2 is 1.10 bits per heavy atom. The van der Waals surface area contributed by atoms with Gasteiger partial charge in [0.15, 0.2) is 0 Å². The number of rotatable bonds is 6. The molecule has 10 rings (SSSR count). The summed E-state index contributed by atoms with van der Waals surface area (Å²) in [4.78, 5) is 2.06. The van der Waals surface area contributed by atoms with Gasteiger partial charge in [0.1, 0.15) is 11.2 Å². The number of nitrogens with zero attached hydrogens (tertiary/aromatic N) is 1. The minimum Gasteiger partial charge on any atom is -0.456 e. The first-order valence-corrected chi connectivity index (χ1v) is 16.8. The van der Waals surface area contributed by atoms with Crippen LogP contribution in [0.5, 0.6) is 0 Å². The fraction of sp³-hybridized carbons (Fsp3) is 0. The Labute approximate surface area is 319 Å². The lowest BCUT2D eigenvalue weighted by molar-refractivity contribution is 0.669. The largest absolute Gasteiger partial charge is 0.456 e. The second-order valence-corrected chi connectivity index (χ2v) is 12.4. The summed E-state index contributed by atoms with van der Waals surface area (Å²) in [7, 11) is 0. The second-order valence-electron chi connectivity index (χ2n) is 12.4. The highest BCUT2D eigenvalue weighted by molar-refractivity contribution is 6.19. The summed E-state index contributed by atoms with van der Waals surface area (Å²) in [6.45, 7) is 0. The molecule has 2 heteroatoms. The molecule has 0 saturated carbocycles. The van der Waals surface area contributed by atoms with Crippen LogP contribution in [0.1, 0.15) is 16.4 Å². The molecule has 0 unspecified atom stereocenters. The predicted octanol–water partition coefficient (Wildman–Crippen LogP) is 14.4. The molecule has 1 heterocycles. The molecule has 0 fully saturated rings. The molecule has 0 atom stereocenters. The van der Waals surface area contributed by atoms with E-state index in [4.69, 9.17) is 19.5 Å². The monoisotopic (exact) mass is 675 g/mol. The standard InChI is InChI=1S/C50H33NO/c1-2-11-36(12-3-1)44-16-6-8-19-47(44)51(41-30-25-37(26-31-41)43-18-10-14-35-13-4-5-15-42(35)43)40-28-23-34(24-29-40)39-22-21-38-27-32-49-50(46(38)33-39)45-17-7-9-20-48(45)52-49/h1-33H/i4D,5D,7D,10D,13D,14D,15D,17D,18D,27D,32D,33D. The molecular weight excluding hydrogens is 631 g/mol. The van der Waals surface area contributed by atoms with Crippen LogP contribution in [0.2, 0.25) is 0 Å². The molecule has 244 valence electrons. The van der Waals surface area contributed by atoms with Crippen molar-refractivity contribution in [2.45, 2.75) is 0 Å². The van der Waals surface area contributed by atoms with Crippen molar-refractivity contribution in [3.05, 3.63) is 200 Å². The van der Waals surface area contributed by atoms with E-state index in [9.17, 15) is 1.37 Å². The van der Waals surface area contributed by atoms with Gasteiger partial charge in [0.2, 0.25) is 0 Å². The molecule has 2 nitrogen and oxygen atoms in total. The van der Waals surface area contributed by atoms with Gasteiger partial charge in [0.05, 0.1) is 22.1 Å². The summed E-state index contributed by atoms with van der Waals surface area (Å²) in [6, 6.07) is 35.9. The fourth-order valence-electron chi connectivity index (χ4n) is 6.89. The normalized spacial score (nSPS) is 14.7. The summed E-state index contributed by atoms with van der Waals surface area (Å²) in [5.41, 5.74) is 6.40. The molecule has 0 spiro atoms. The molecule has 0 aliphatic carbocycles. The topological polar surface area (TPSA) is 16.4 Å². The number of anilines is 3. The Bertz CT molecular complexity index is 3560. The predicted molar refractivity (Wildman–Crippen MR) is 220 cm³/mol. The van der Waals surface area contributed by atoms with Crippen molar-refractivity contribution in [3.63, 3.8) is 0 Å². The van der Waals surface area contributed by atoms with Gasteiger partial charge < -0.3 is 9.32 Å². The molecule has 9 aromatic carbocycles. The van der Waals surface area contributed by atoms with Crippen molar-refractivity contribution in [2.24, 2.45) is 0 Å². The Balaban J connectivity index is 1.14. The number of hydrogen-bond acceptors (Lipinski definition) is 2. The molecule has 0 radical (unpaired) electrons. The van der Waals surface area contributed by atoms with Crippen LogP contribution in [0.4, 0.5) is 17.1 Å². The number of furan rings is 1.